The van der Waals surface area contributed by atoms with E-state index in [0.29, 0.717) is 0 Å². The van der Waals surface area contributed by atoms with Gasteiger partial charge in [0, 0.05) is 6.07 Å². The monoisotopic (exact) mass is 250 g/mol. The smallest absolute Gasteiger partial charge is 0.259 e. The first-order valence-electron chi connectivity index (χ1n) is 5.90. The highest BCUT2D eigenvalue weighted by molar-refractivity contribution is 6.19. The zero-order valence-electron chi connectivity index (χ0n) is 9.91. The molecule has 0 N–H and O–H groups in total. The molecule has 1 aromatic rings. The summed E-state index contributed by atoms with van der Waals surface area (Å²) in [6.07, 6.45) is 2.51. The summed E-state index contributed by atoms with van der Waals surface area (Å²) in [5.74, 6) is -1.63. The SMILES string of the molecule is CC1=NN(c2ccc(F)cc2F)C(=O)C12CCC2. The van der Waals surface area contributed by atoms with Crippen molar-refractivity contribution in [3.8, 4) is 0 Å². The molecule has 94 valence electrons. The van der Waals surface area contributed by atoms with E-state index >= 15 is 0 Å². The van der Waals surface area contributed by atoms with Crippen molar-refractivity contribution in [2.75, 3.05) is 5.01 Å². The first-order chi connectivity index (χ1) is 8.54. The average molecular weight is 250 g/mol. The Hall–Kier alpha value is -1.78. The van der Waals surface area contributed by atoms with Gasteiger partial charge in [0.1, 0.15) is 11.5 Å². The highest BCUT2D eigenvalue weighted by Crippen LogP contribution is 2.48. The number of halogens is 2. The molecule has 1 aliphatic heterocycles. The second-order valence-electron chi connectivity index (χ2n) is 4.83. The molecule has 1 aromatic carbocycles. The van der Waals surface area contributed by atoms with E-state index in [2.05, 4.69) is 5.10 Å². The van der Waals surface area contributed by atoms with Gasteiger partial charge in [-0.1, -0.05) is 6.42 Å². The predicted octanol–water partition coefficient (Wildman–Crippen LogP) is 2.86. The van der Waals surface area contributed by atoms with Crippen molar-refractivity contribution in [1.29, 1.82) is 0 Å². The maximum absolute atomic E-state index is 13.7. The molecule has 5 heteroatoms. The van der Waals surface area contributed by atoms with Crippen LogP contribution in [0.25, 0.3) is 0 Å². The van der Waals surface area contributed by atoms with E-state index < -0.39 is 17.0 Å². The van der Waals surface area contributed by atoms with Crippen LogP contribution >= 0.6 is 0 Å². The molecule has 0 atom stereocenters. The molecule has 0 aromatic heterocycles. The number of carbonyl (C=O) groups is 1. The lowest BCUT2D eigenvalue weighted by molar-refractivity contribution is -0.127. The Morgan fingerprint density at radius 3 is 2.56 bits per heavy atom. The minimum atomic E-state index is -0.767. The van der Waals surface area contributed by atoms with Gasteiger partial charge in [-0.05, 0) is 31.9 Å². The van der Waals surface area contributed by atoms with Crippen LogP contribution in [-0.2, 0) is 4.79 Å². The first kappa shape index (κ1) is 11.3. The van der Waals surface area contributed by atoms with Crippen LogP contribution in [0.15, 0.2) is 23.3 Å². The van der Waals surface area contributed by atoms with Crippen LogP contribution in [-0.4, -0.2) is 11.6 Å². The molecule has 3 rings (SSSR count). The number of hydrazone groups is 1. The minimum Gasteiger partial charge on any atom is -0.271 e. The number of hydrogen-bond donors (Lipinski definition) is 0. The van der Waals surface area contributed by atoms with Crippen LogP contribution in [0.5, 0.6) is 0 Å². The third-order valence-electron chi connectivity index (χ3n) is 3.89. The quantitative estimate of drug-likeness (QED) is 0.754. The maximum atomic E-state index is 13.7. The van der Waals surface area contributed by atoms with E-state index in [-0.39, 0.29) is 11.6 Å². The van der Waals surface area contributed by atoms with Crippen molar-refractivity contribution < 1.29 is 13.6 Å². The van der Waals surface area contributed by atoms with Gasteiger partial charge in [-0.15, -0.1) is 0 Å². The molecule has 0 radical (unpaired) electrons. The van der Waals surface area contributed by atoms with Gasteiger partial charge in [0.05, 0.1) is 11.1 Å². The molecule has 0 bridgehead atoms. The number of hydrogen-bond acceptors (Lipinski definition) is 2. The summed E-state index contributed by atoms with van der Waals surface area (Å²) in [4.78, 5) is 12.3. The van der Waals surface area contributed by atoms with Crippen LogP contribution in [0.4, 0.5) is 14.5 Å². The van der Waals surface area contributed by atoms with Crippen molar-refractivity contribution in [3.05, 3.63) is 29.8 Å². The van der Waals surface area contributed by atoms with Crippen molar-refractivity contribution in [2.24, 2.45) is 10.5 Å². The van der Waals surface area contributed by atoms with Gasteiger partial charge in [0.15, 0.2) is 5.82 Å². The molecule has 3 nitrogen and oxygen atoms in total. The molecule has 2 aliphatic rings. The Bertz CT molecular complexity index is 564. The number of nitrogens with zero attached hydrogens (tertiary/aromatic N) is 2. The molecule has 0 saturated heterocycles. The number of benzene rings is 1. The lowest BCUT2D eigenvalue weighted by atomic mass is 9.66. The second kappa shape index (κ2) is 3.60. The lowest BCUT2D eigenvalue weighted by Gasteiger charge is -2.36. The summed E-state index contributed by atoms with van der Waals surface area (Å²) < 4.78 is 26.5. The van der Waals surface area contributed by atoms with Gasteiger partial charge >= 0.3 is 0 Å². The molecule has 1 saturated carbocycles. The molecular weight excluding hydrogens is 238 g/mol. The molecule has 1 spiro atoms. The molecule has 18 heavy (non-hydrogen) atoms. The Morgan fingerprint density at radius 2 is 2.06 bits per heavy atom. The minimum absolute atomic E-state index is 0.0181. The summed E-state index contributed by atoms with van der Waals surface area (Å²) in [6, 6.07) is 3.14. The zero-order valence-corrected chi connectivity index (χ0v) is 9.91. The third kappa shape index (κ3) is 1.33. The lowest BCUT2D eigenvalue weighted by Crippen LogP contribution is -2.44. The van der Waals surface area contributed by atoms with Gasteiger partial charge in [0.2, 0.25) is 0 Å². The summed E-state index contributed by atoms with van der Waals surface area (Å²) in [6.45, 7) is 1.79. The maximum Gasteiger partial charge on any atom is 0.259 e. The molecule has 1 amide bonds. The Kier molecular flexibility index (Phi) is 2.27. The van der Waals surface area contributed by atoms with Crippen molar-refractivity contribution in [1.82, 2.24) is 0 Å². The summed E-state index contributed by atoms with van der Waals surface area (Å²) >= 11 is 0. The van der Waals surface area contributed by atoms with Crippen LogP contribution in [0.1, 0.15) is 26.2 Å². The largest absolute Gasteiger partial charge is 0.271 e. The fraction of sp³-hybridized carbons (Fsp3) is 0.385. The van der Waals surface area contributed by atoms with Crippen LogP contribution in [0.2, 0.25) is 0 Å². The Labute approximate surface area is 103 Å². The van der Waals surface area contributed by atoms with Crippen molar-refractivity contribution >= 4 is 17.3 Å². The Balaban J connectivity index is 2.01. The number of rotatable bonds is 1. The van der Waals surface area contributed by atoms with Gasteiger partial charge in [0.25, 0.3) is 5.91 Å². The standard InChI is InChI=1S/C13H12F2N2O/c1-8-13(5-2-6-13)12(18)17(16-8)11-4-3-9(14)7-10(11)15/h3-4,7H,2,5-6H2,1H3. The number of amides is 1. The molecule has 1 fully saturated rings. The van der Waals surface area contributed by atoms with E-state index in [1.165, 1.54) is 6.07 Å². The third-order valence-corrected chi connectivity index (χ3v) is 3.89. The van der Waals surface area contributed by atoms with Crippen molar-refractivity contribution in [3.63, 3.8) is 0 Å². The van der Waals surface area contributed by atoms with E-state index in [1.807, 2.05) is 0 Å². The van der Waals surface area contributed by atoms with Crippen LogP contribution < -0.4 is 5.01 Å². The fourth-order valence-electron chi connectivity index (χ4n) is 2.57. The second-order valence-corrected chi connectivity index (χ2v) is 4.83. The summed E-state index contributed by atoms with van der Waals surface area (Å²) in [5, 5.41) is 5.22. The van der Waals surface area contributed by atoms with E-state index in [0.717, 1.165) is 42.1 Å². The zero-order chi connectivity index (χ0) is 12.9. The van der Waals surface area contributed by atoms with Gasteiger partial charge in [-0.2, -0.15) is 10.1 Å². The Morgan fingerprint density at radius 1 is 1.33 bits per heavy atom. The van der Waals surface area contributed by atoms with Crippen LogP contribution in [0, 0.1) is 17.0 Å². The van der Waals surface area contributed by atoms with Gasteiger partial charge in [-0.25, -0.2) is 8.78 Å². The highest BCUT2D eigenvalue weighted by Gasteiger charge is 2.53. The van der Waals surface area contributed by atoms with E-state index in [4.69, 9.17) is 0 Å². The normalized spacial score (nSPS) is 21.2. The molecule has 0 unspecified atom stereocenters. The van der Waals surface area contributed by atoms with E-state index in [1.54, 1.807) is 6.92 Å². The predicted molar refractivity (Wildman–Crippen MR) is 63.2 cm³/mol. The highest BCUT2D eigenvalue weighted by atomic mass is 19.1. The van der Waals surface area contributed by atoms with Gasteiger partial charge in [-0.3, -0.25) is 4.79 Å². The van der Waals surface area contributed by atoms with Crippen LogP contribution in [0.3, 0.4) is 0 Å². The van der Waals surface area contributed by atoms with Gasteiger partial charge < -0.3 is 0 Å². The molecule has 1 heterocycles. The first-order valence-corrected chi connectivity index (χ1v) is 5.90. The number of anilines is 1. The average Bonchev–Trinajstić information content (AvgIpc) is 2.50. The molecule has 1 aliphatic carbocycles. The topological polar surface area (TPSA) is 32.7 Å². The molecular formula is C13H12F2N2O. The summed E-state index contributed by atoms with van der Waals surface area (Å²) in [5.41, 5.74) is 0.216. The van der Waals surface area contributed by atoms with E-state index in [9.17, 15) is 13.6 Å². The number of carbonyl (C=O) groups excluding carboxylic acids is 1. The van der Waals surface area contributed by atoms with Crippen molar-refractivity contribution in [2.45, 2.75) is 26.2 Å². The fourth-order valence-corrected chi connectivity index (χ4v) is 2.57. The summed E-state index contributed by atoms with van der Waals surface area (Å²) in [7, 11) is 0.